The Morgan fingerprint density at radius 2 is 2.29 bits per heavy atom. The minimum atomic E-state index is 0.581. The third-order valence-corrected chi connectivity index (χ3v) is 2.26. The molecule has 0 atom stereocenters. The van der Waals surface area contributed by atoms with E-state index in [0.29, 0.717) is 5.69 Å². The second-order valence-electron chi connectivity index (χ2n) is 3.10. The van der Waals surface area contributed by atoms with Gasteiger partial charge in [0.05, 0.1) is 11.4 Å². The predicted molar refractivity (Wildman–Crippen MR) is 52.4 cm³/mol. The van der Waals surface area contributed by atoms with Crippen molar-refractivity contribution in [1.29, 1.82) is 0 Å². The van der Waals surface area contributed by atoms with Crippen molar-refractivity contribution < 1.29 is 4.79 Å². The molecule has 70 valence electrons. The molecule has 0 N–H and O–H groups in total. The highest BCUT2D eigenvalue weighted by Gasteiger charge is 2.03. The largest absolute Gasteiger partial charge is 0.304 e. The molecule has 0 unspecified atom stereocenters. The van der Waals surface area contributed by atoms with Crippen molar-refractivity contribution in [3.8, 4) is 0 Å². The highest BCUT2D eigenvalue weighted by atomic mass is 16.1. The number of pyridine rings is 1. The molecule has 2 aromatic heterocycles. The third kappa shape index (κ3) is 1.22. The van der Waals surface area contributed by atoms with Crippen molar-refractivity contribution in [3.05, 3.63) is 29.7 Å². The highest BCUT2D eigenvalue weighted by Crippen LogP contribution is 2.17. The van der Waals surface area contributed by atoms with Crippen LogP contribution in [0.15, 0.2) is 23.3 Å². The molecule has 0 fully saturated rings. The molecular formula is C10H9N3O. The molecule has 4 heteroatoms. The van der Waals surface area contributed by atoms with Crippen LogP contribution in [0, 0.1) is 13.8 Å². The topological polar surface area (TPSA) is 46.7 Å². The van der Waals surface area contributed by atoms with Crippen molar-refractivity contribution in [2.45, 2.75) is 13.8 Å². The lowest BCUT2D eigenvalue weighted by molar-refractivity contribution is 0.565. The van der Waals surface area contributed by atoms with E-state index >= 15 is 0 Å². The first-order valence-electron chi connectivity index (χ1n) is 4.25. The molecule has 0 bridgehead atoms. The number of carbonyl (C=O) groups excluding carboxylic acids is 1. The maximum Gasteiger partial charge on any atom is 0.240 e. The van der Waals surface area contributed by atoms with E-state index < -0.39 is 0 Å². The number of hydrogen-bond donors (Lipinski definition) is 0. The van der Waals surface area contributed by atoms with Gasteiger partial charge in [0.2, 0.25) is 6.08 Å². The van der Waals surface area contributed by atoms with Gasteiger partial charge in [-0.15, -0.1) is 0 Å². The first kappa shape index (κ1) is 8.66. The summed E-state index contributed by atoms with van der Waals surface area (Å²) in [5, 5.41) is 0. The fourth-order valence-corrected chi connectivity index (χ4v) is 1.40. The van der Waals surface area contributed by atoms with E-state index in [4.69, 9.17) is 0 Å². The number of rotatable bonds is 1. The maximum absolute atomic E-state index is 10.1. The molecule has 0 spiro atoms. The van der Waals surface area contributed by atoms with Crippen LogP contribution in [0.1, 0.15) is 11.4 Å². The van der Waals surface area contributed by atoms with Crippen LogP contribution < -0.4 is 0 Å². The lowest BCUT2D eigenvalue weighted by atomic mass is 10.4. The number of imidazole rings is 1. The summed E-state index contributed by atoms with van der Waals surface area (Å²) in [6, 6.07) is 3.51. The molecule has 2 rings (SSSR count). The van der Waals surface area contributed by atoms with Crippen LogP contribution in [0.25, 0.3) is 5.65 Å². The van der Waals surface area contributed by atoms with E-state index in [-0.39, 0.29) is 0 Å². The summed E-state index contributed by atoms with van der Waals surface area (Å²) in [5.74, 6) is 0. The van der Waals surface area contributed by atoms with Crippen molar-refractivity contribution in [3.63, 3.8) is 0 Å². The van der Waals surface area contributed by atoms with E-state index in [1.807, 2.05) is 24.4 Å². The van der Waals surface area contributed by atoms with Crippen molar-refractivity contribution in [1.82, 2.24) is 9.38 Å². The first-order valence-corrected chi connectivity index (χ1v) is 4.25. The molecule has 0 aliphatic rings. The van der Waals surface area contributed by atoms with Crippen molar-refractivity contribution in [2.75, 3.05) is 0 Å². The predicted octanol–water partition coefficient (Wildman–Crippen LogP) is 1.92. The smallest absolute Gasteiger partial charge is 0.240 e. The molecule has 0 radical (unpaired) electrons. The lowest BCUT2D eigenvalue weighted by Crippen LogP contribution is -1.85. The van der Waals surface area contributed by atoms with Crippen LogP contribution in [0.4, 0.5) is 5.69 Å². The van der Waals surface area contributed by atoms with Gasteiger partial charge in [0.1, 0.15) is 5.65 Å². The Balaban J connectivity index is 2.73. The summed E-state index contributed by atoms with van der Waals surface area (Å²) in [6.07, 6.45) is 3.36. The Labute approximate surface area is 80.9 Å². The minimum Gasteiger partial charge on any atom is -0.304 e. The van der Waals surface area contributed by atoms with Gasteiger partial charge in [-0.05, 0) is 19.9 Å². The molecular weight excluding hydrogens is 178 g/mol. The summed E-state index contributed by atoms with van der Waals surface area (Å²) < 4.78 is 1.96. The highest BCUT2D eigenvalue weighted by molar-refractivity contribution is 5.56. The zero-order valence-corrected chi connectivity index (χ0v) is 7.98. The summed E-state index contributed by atoms with van der Waals surface area (Å²) in [7, 11) is 0. The van der Waals surface area contributed by atoms with E-state index in [0.717, 1.165) is 17.0 Å². The number of fused-ring (bicyclic) bond motifs is 1. The van der Waals surface area contributed by atoms with Gasteiger partial charge in [-0.3, -0.25) is 0 Å². The van der Waals surface area contributed by atoms with Crippen LogP contribution in [0.2, 0.25) is 0 Å². The van der Waals surface area contributed by atoms with Crippen LogP contribution in [0.3, 0.4) is 0 Å². The van der Waals surface area contributed by atoms with E-state index in [9.17, 15) is 4.79 Å². The van der Waals surface area contributed by atoms with Crippen LogP contribution in [-0.2, 0) is 4.79 Å². The van der Waals surface area contributed by atoms with Gasteiger partial charge >= 0.3 is 0 Å². The zero-order chi connectivity index (χ0) is 10.1. The van der Waals surface area contributed by atoms with Gasteiger partial charge < -0.3 is 4.40 Å². The second kappa shape index (κ2) is 3.09. The molecule has 0 aliphatic carbocycles. The van der Waals surface area contributed by atoms with Gasteiger partial charge in [-0.1, -0.05) is 0 Å². The van der Waals surface area contributed by atoms with Crippen LogP contribution >= 0.6 is 0 Å². The van der Waals surface area contributed by atoms with Gasteiger partial charge in [0.25, 0.3) is 0 Å². The van der Waals surface area contributed by atoms with E-state index in [1.54, 1.807) is 12.1 Å². The zero-order valence-electron chi connectivity index (χ0n) is 7.98. The van der Waals surface area contributed by atoms with Gasteiger partial charge in [-0.2, -0.15) is 4.99 Å². The molecule has 2 heterocycles. The monoisotopic (exact) mass is 187 g/mol. The molecule has 0 saturated carbocycles. The number of aryl methyl sites for hydroxylation is 2. The van der Waals surface area contributed by atoms with E-state index in [2.05, 4.69) is 9.98 Å². The number of aromatic nitrogens is 2. The molecule has 4 nitrogen and oxygen atoms in total. The van der Waals surface area contributed by atoms with Crippen LogP contribution in [-0.4, -0.2) is 15.5 Å². The molecule has 0 amide bonds. The standard InChI is InChI=1S/C10H9N3O/c1-7-8(2)13-4-3-9(11-6-14)5-10(13)12-7/h3-5H,1-2H3. The first-order chi connectivity index (χ1) is 6.72. The molecule has 0 aromatic carbocycles. The Bertz CT molecular complexity index is 536. The van der Waals surface area contributed by atoms with Crippen LogP contribution in [0.5, 0.6) is 0 Å². The Hall–Kier alpha value is -1.93. The maximum atomic E-state index is 10.1. The summed E-state index contributed by atoms with van der Waals surface area (Å²) >= 11 is 0. The SMILES string of the molecule is Cc1nc2cc(N=C=O)ccn2c1C. The number of hydrogen-bond acceptors (Lipinski definition) is 3. The quantitative estimate of drug-likeness (QED) is 0.505. The molecule has 14 heavy (non-hydrogen) atoms. The Kier molecular flexibility index (Phi) is 1.91. The van der Waals surface area contributed by atoms with Crippen molar-refractivity contribution >= 4 is 17.4 Å². The lowest BCUT2D eigenvalue weighted by Gasteiger charge is -1.95. The average Bonchev–Trinajstić information content (AvgIpc) is 2.43. The minimum absolute atomic E-state index is 0.581. The average molecular weight is 187 g/mol. The summed E-state index contributed by atoms with van der Waals surface area (Å²) in [4.78, 5) is 17.9. The molecule has 2 aromatic rings. The third-order valence-electron chi connectivity index (χ3n) is 2.26. The Morgan fingerprint density at radius 3 is 3.00 bits per heavy atom. The van der Waals surface area contributed by atoms with E-state index in [1.165, 1.54) is 6.08 Å². The van der Waals surface area contributed by atoms with Gasteiger partial charge in [-0.25, -0.2) is 9.78 Å². The fraction of sp³-hybridized carbons (Fsp3) is 0.200. The summed E-state index contributed by atoms with van der Waals surface area (Å²) in [5.41, 5.74) is 3.47. The Morgan fingerprint density at radius 1 is 1.50 bits per heavy atom. The molecule has 0 saturated heterocycles. The number of aliphatic imine (C=N–C) groups is 1. The van der Waals surface area contributed by atoms with Crippen molar-refractivity contribution in [2.24, 2.45) is 4.99 Å². The fourth-order valence-electron chi connectivity index (χ4n) is 1.40. The second-order valence-corrected chi connectivity index (χ2v) is 3.10. The summed E-state index contributed by atoms with van der Waals surface area (Å²) in [6.45, 7) is 3.95. The number of nitrogens with zero attached hydrogens (tertiary/aromatic N) is 3. The number of isocyanates is 1. The normalized spacial score (nSPS) is 10.1. The van der Waals surface area contributed by atoms with Gasteiger partial charge in [0.15, 0.2) is 0 Å². The van der Waals surface area contributed by atoms with Gasteiger partial charge in [0, 0.05) is 18.0 Å². The molecule has 0 aliphatic heterocycles.